The Labute approximate surface area is 123 Å². The summed E-state index contributed by atoms with van der Waals surface area (Å²) in [6.45, 7) is 13.1. The van der Waals surface area contributed by atoms with Crippen LogP contribution in [0.3, 0.4) is 0 Å². The number of anilines is 1. The van der Waals surface area contributed by atoms with Crippen LogP contribution in [0.1, 0.15) is 41.0 Å². The minimum absolute atomic E-state index is 0.153. The molecule has 3 nitrogen and oxygen atoms in total. The van der Waals surface area contributed by atoms with Gasteiger partial charge in [-0.1, -0.05) is 13.0 Å². The first-order chi connectivity index (χ1) is 9.41. The van der Waals surface area contributed by atoms with Gasteiger partial charge >= 0.3 is 0 Å². The van der Waals surface area contributed by atoms with Crippen molar-refractivity contribution in [2.75, 3.05) is 18.0 Å². The normalized spacial score (nSPS) is 23.4. The van der Waals surface area contributed by atoms with E-state index in [0.29, 0.717) is 6.04 Å². The summed E-state index contributed by atoms with van der Waals surface area (Å²) in [6, 6.07) is 9.00. The SMILES string of the molecule is CCC(C)Oc1cccc(N2CC(C)(C)NCC2C)c1. The molecule has 0 saturated carbocycles. The summed E-state index contributed by atoms with van der Waals surface area (Å²) in [5.74, 6) is 0.973. The molecule has 1 aliphatic heterocycles. The molecule has 1 saturated heterocycles. The molecule has 1 aromatic rings. The molecular weight excluding hydrogens is 248 g/mol. The molecule has 0 aromatic heterocycles. The van der Waals surface area contributed by atoms with Gasteiger partial charge in [0, 0.05) is 36.4 Å². The molecule has 0 spiro atoms. The fraction of sp³-hybridized carbons (Fsp3) is 0.647. The van der Waals surface area contributed by atoms with Crippen LogP contribution < -0.4 is 15.0 Å². The Balaban J connectivity index is 2.17. The summed E-state index contributed by atoms with van der Waals surface area (Å²) in [5, 5.41) is 3.59. The van der Waals surface area contributed by atoms with Gasteiger partial charge in [-0.15, -0.1) is 0 Å². The van der Waals surface area contributed by atoms with Crippen molar-refractivity contribution in [2.45, 2.75) is 58.7 Å². The van der Waals surface area contributed by atoms with Crippen LogP contribution in [0.25, 0.3) is 0 Å². The van der Waals surface area contributed by atoms with Gasteiger partial charge in [-0.2, -0.15) is 0 Å². The van der Waals surface area contributed by atoms with E-state index in [1.807, 2.05) is 6.07 Å². The number of rotatable bonds is 4. The van der Waals surface area contributed by atoms with Crippen LogP contribution in [0.2, 0.25) is 0 Å². The molecule has 20 heavy (non-hydrogen) atoms. The third kappa shape index (κ3) is 3.66. The lowest BCUT2D eigenvalue weighted by molar-refractivity contribution is 0.217. The second-order valence-corrected chi connectivity index (χ2v) is 6.58. The molecular formula is C17H28N2O. The topological polar surface area (TPSA) is 24.5 Å². The first-order valence-electron chi connectivity index (χ1n) is 7.69. The molecule has 112 valence electrons. The standard InChI is InChI=1S/C17H28N2O/c1-6-14(3)20-16-9-7-8-15(10-16)19-12-17(4,5)18-11-13(19)2/h7-10,13-14,18H,6,11-12H2,1-5H3. The molecule has 3 heteroatoms. The molecule has 1 N–H and O–H groups in total. The third-order valence-electron chi connectivity index (χ3n) is 4.04. The molecule has 2 atom stereocenters. The highest BCUT2D eigenvalue weighted by atomic mass is 16.5. The van der Waals surface area contributed by atoms with Crippen molar-refractivity contribution < 1.29 is 4.74 Å². The van der Waals surface area contributed by atoms with Gasteiger partial charge in [-0.05, 0) is 46.2 Å². The number of nitrogens with zero attached hydrogens (tertiary/aromatic N) is 1. The van der Waals surface area contributed by atoms with Gasteiger partial charge in [0.1, 0.15) is 5.75 Å². The van der Waals surface area contributed by atoms with E-state index in [1.54, 1.807) is 0 Å². The molecule has 1 aromatic carbocycles. The van der Waals surface area contributed by atoms with Crippen LogP contribution in [0.15, 0.2) is 24.3 Å². The predicted molar refractivity (Wildman–Crippen MR) is 85.7 cm³/mol. The van der Waals surface area contributed by atoms with Crippen molar-refractivity contribution in [3.05, 3.63) is 24.3 Å². The summed E-state index contributed by atoms with van der Waals surface area (Å²) in [7, 11) is 0. The quantitative estimate of drug-likeness (QED) is 0.911. The van der Waals surface area contributed by atoms with E-state index >= 15 is 0 Å². The van der Waals surface area contributed by atoms with Crippen molar-refractivity contribution in [1.82, 2.24) is 5.32 Å². The molecule has 1 fully saturated rings. The second kappa shape index (κ2) is 6.04. The zero-order chi connectivity index (χ0) is 14.8. The fourth-order valence-corrected chi connectivity index (χ4v) is 2.57. The first kappa shape index (κ1) is 15.2. The first-order valence-corrected chi connectivity index (χ1v) is 7.69. The maximum absolute atomic E-state index is 5.94. The second-order valence-electron chi connectivity index (χ2n) is 6.58. The maximum Gasteiger partial charge on any atom is 0.121 e. The lowest BCUT2D eigenvalue weighted by Gasteiger charge is -2.44. The molecule has 0 aliphatic carbocycles. The van der Waals surface area contributed by atoms with Crippen molar-refractivity contribution in [1.29, 1.82) is 0 Å². The summed E-state index contributed by atoms with van der Waals surface area (Å²) in [4.78, 5) is 2.47. The van der Waals surface area contributed by atoms with Crippen molar-refractivity contribution in [2.24, 2.45) is 0 Å². The van der Waals surface area contributed by atoms with E-state index in [0.717, 1.165) is 25.3 Å². The Hall–Kier alpha value is -1.22. The minimum Gasteiger partial charge on any atom is -0.491 e. The highest BCUT2D eigenvalue weighted by molar-refractivity contribution is 5.52. The monoisotopic (exact) mass is 276 g/mol. The Bertz CT molecular complexity index is 444. The van der Waals surface area contributed by atoms with Crippen LogP contribution in [0.4, 0.5) is 5.69 Å². The molecule has 2 rings (SSSR count). The van der Waals surface area contributed by atoms with Gasteiger partial charge in [0.15, 0.2) is 0 Å². The minimum atomic E-state index is 0.153. The highest BCUT2D eigenvalue weighted by Crippen LogP contribution is 2.27. The van der Waals surface area contributed by atoms with Crippen LogP contribution >= 0.6 is 0 Å². The Morgan fingerprint density at radius 1 is 1.45 bits per heavy atom. The van der Waals surface area contributed by atoms with E-state index in [2.05, 4.69) is 63.0 Å². The smallest absolute Gasteiger partial charge is 0.121 e. The van der Waals surface area contributed by atoms with Gasteiger partial charge in [-0.25, -0.2) is 0 Å². The number of ether oxygens (including phenoxy) is 1. The number of hydrogen-bond acceptors (Lipinski definition) is 3. The molecule has 1 heterocycles. The third-order valence-corrected chi connectivity index (χ3v) is 4.04. The van der Waals surface area contributed by atoms with Crippen molar-refractivity contribution in [3.8, 4) is 5.75 Å². The highest BCUT2D eigenvalue weighted by Gasteiger charge is 2.30. The molecule has 0 bridgehead atoms. The van der Waals surface area contributed by atoms with Gasteiger partial charge in [0.05, 0.1) is 6.10 Å². The van der Waals surface area contributed by atoms with Gasteiger partial charge in [0.25, 0.3) is 0 Å². The van der Waals surface area contributed by atoms with Crippen LogP contribution in [-0.4, -0.2) is 30.8 Å². The molecule has 1 aliphatic rings. The molecule has 0 amide bonds. The van der Waals surface area contributed by atoms with Gasteiger partial charge < -0.3 is 15.0 Å². The summed E-state index contributed by atoms with van der Waals surface area (Å²) in [6.07, 6.45) is 1.29. The fourth-order valence-electron chi connectivity index (χ4n) is 2.57. The number of piperazine rings is 1. The van der Waals surface area contributed by atoms with Crippen molar-refractivity contribution >= 4 is 5.69 Å². The van der Waals surface area contributed by atoms with E-state index in [1.165, 1.54) is 5.69 Å². The van der Waals surface area contributed by atoms with Crippen LogP contribution in [0.5, 0.6) is 5.75 Å². The van der Waals surface area contributed by atoms with E-state index in [9.17, 15) is 0 Å². The molecule has 2 unspecified atom stereocenters. The zero-order valence-corrected chi connectivity index (χ0v) is 13.4. The Morgan fingerprint density at radius 3 is 2.90 bits per heavy atom. The van der Waals surface area contributed by atoms with Gasteiger partial charge in [0.2, 0.25) is 0 Å². The van der Waals surface area contributed by atoms with Crippen molar-refractivity contribution in [3.63, 3.8) is 0 Å². The summed E-state index contributed by atoms with van der Waals surface area (Å²) >= 11 is 0. The predicted octanol–water partition coefficient (Wildman–Crippen LogP) is 3.44. The largest absolute Gasteiger partial charge is 0.491 e. The Morgan fingerprint density at radius 2 is 2.20 bits per heavy atom. The summed E-state index contributed by atoms with van der Waals surface area (Å²) < 4.78 is 5.94. The van der Waals surface area contributed by atoms with E-state index in [-0.39, 0.29) is 11.6 Å². The number of hydrogen-bond donors (Lipinski definition) is 1. The van der Waals surface area contributed by atoms with E-state index in [4.69, 9.17) is 4.74 Å². The average molecular weight is 276 g/mol. The van der Waals surface area contributed by atoms with Gasteiger partial charge in [-0.3, -0.25) is 0 Å². The van der Waals surface area contributed by atoms with Crippen LogP contribution in [-0.2, 0) is 0 Å². The lowest BCUT2D eigenvalue weighted by atomic mass is 9.98. The molecule has 0 radical (unpaired) electrons. The Kier molecular flexibility index (Phi) is 4.59. The average Bonchev–Trinajstić information content (AvgIpc) is 2.42. The summed E-state index contributed by atoms with van der Waals surface area (Å²) in [5.41, 5.74) is 1.41. The zero-order valence-electron chi connectivity index (χ0n) is 13.4. The number of benzene rings is 1. The van der Waals surface area contributed by atoms with E-state index < -0.39 is 0 Å². The van der Waals surface area contributed by atoms with Crippen LogP contribution in [0, 0.1) is 0 Å². The maximum atomic E-state index is 5.94. The number of nitrogens with one attached hydrogen (secondary N) is 1. The lowest BCUT2D eigenvalue weighted by Crippen LogP contribution is -2.61.